The quantitative estimate of drug-likeness (QED) is 0.566. The fourth-order valence-corrected chi connectivity index (χ4v) is 1.73. The van der Waals surface area contributed by atoms with Gasteiger partial charge in [-0.2, -0.15) is 0 Å². The Bertz CT molecular complexity index is 128. The van der Waals surface area contributed by atoms with Crippen LogP contribution in [0.15, 0.2) is 0 Å². The molecule has 0 aromatic heterocycles. The molecule has 1 aliphatic carbocycles. The monoisotopic (exact) mass is 173 g/mol. The number of aliphatic hydroxyl groups is 2. The van der Waals surface area contributed by atoms with Crippen molar-refractivity contribution in [2.24, 2.45) is 5.92 Å². The maximum absolute atomic E-state index is 9.23. The summed E-state index contributed by atoms with van der Waals surface area (Å²) in [6.07, 6.45) is 2.64. The molecule has 0 aromatic rings. The average molecular weight is 173 g/mol. The number of hydrogen-bond donors (Lipinski definition) is 3. The highest BCUT2D eigenvalue weighted by molar-refractivity contribution is 4.76. The van der Waals surface area contributed by atoms with Crippen LogP contribution in [0.3, 0.4) is 0 Å². The van der Waals surface area contributed by atoms with Gasteiger partial charge < -0.3 is 15.5 Å². The van der Waals surface area contributed by atoms with Gasteiger partial charge in [0.2, 0.25) is 0 Å². The van der Waals surface area contributed by atoms with E-state index in [9.17, 15) is 5.11 Å². The zero-order chi connectivity index (χ0) is 8.97. The molecule has 72 valence electrons. The van der Waals surface area contributed by atoms with Crippen LogP contribution < -0.4 is 5.32 Å². The molecular weight excluding hydrogens is 154 g/mol. The summed E-state index contributed by atoms with van der Waals surface area (Å²) in [5.74, 6) is 0.610. The van der Waals surface area contributed by atoms with Crippen LogP contribution in [0.4, 0.5) is 0 Å². The van der Waals surface area contributed by atoms with Gasteiger partial charge in [-0.05, 0) is 38.6 Å². The van der Waals surface area contributed by atoms with E-state index < -0.39 is 0 Å². The minimum Gasteiger partial charge on any atom is -0.393 e. The van der Waals surface area contributed by atoms with Crippen molar-refractivity contribution in [1.29, 1.82) is 0 Å². The Labute approximate surface area is 73.8 Å². The normalized spacial score (nSPS) is 32.2. The van der Waals surface area contributed by atoms with E-state index in [1.54, 1.807) is 6.92 Å². The number of rotatable bonds is 4. The van der Waals surface area contributed by atoms with E-state index in [2.05, 4.69) is 5.32 Å². The van der Waals surface area contributed by atoms with E-state index in [0.29, 0.717) is 12.5 Å². The van der Waals surface area contributed by atoms with Crippen LogP contribution in [0.2, 0.25) is 0 Å². The molecule has 3 N–H and O–H groups in total. The Morgan fingerprint density at radius 2 is 2.25 bits per heavy atom. The highest BCUT2D eigenvalue weighted by Crippen LogP contribution is 2.24. The van der Waals surface area contributed by atoms with Crippen molar-refractivity contribution in [3.05, 3.63) is 0 Å². The van der Waals surface area contributed by atoms with Crippen LogP contribution in [0, 0.1) is 5.92 Å². The largest absolute Gasteiger partial charge is 0.393 e. The first-order valence-corrected chi connectivity index (χ1v) is 4.75. The van der Waals surface area contributed by atoms with Gasteiger partial charge in [-0.15, -0.1) is 0 Å². The molecule has 1 saturated carbocycles. The fourth-order valence-electron chi connectivity index (χ4n) is 1.73. The predicted molar refractivity (Wildman–Crippen MR) is 47.9 cm³/mol. The van der Waals surface area contributed by atoms with Crippen LogP contribution >= 0.6 is 0 Å². The Morgan fingerprint density at radius 1 is 1.50 bits per heavy atom. The number of aliphatic hydroxyl groups excluding tert-OH is 2. The van der Waals surface area contributed by atoms with E-state index in [1.165, 1.54) is 0 Å². The van der Waals surface area contributed by atoms with Crippen molar-refractivity contribution in [3.63, 3.8) is 0 Å². The molecule has 0 aromatic carbocycles. The van der Waals surface area contributed by atoms with Gasteiger partial charge in [0.1, 0.15) is 0 Å². The van der Waals surface area contributed by atoms with E-state index in [-0.39, 0.29) is 12.2 Å². The summed E-state index contributed by atoms with van der Waals surface area (Å²) in [5, 5.41) is 21.4. The van der Waals surface area contributed by atoms with E-state index >= 15 is 0 Å². The van der Waals surface area contributed by atoms with Crippen LogP contribution in [-0.2, 0) is 0 Å². The van der Waals surface area contributed by atoms with Gasteiger partial charge in [0, 0.05) is 6.54 Å². The lowest BCUT2D eigenvalue weighted by molar-refractivity contribution is 0.174. The maximum Gasteiger partial charge on any atom is 0.0636 e. The highest BCUT2D eigenvalue weighted by Gasteiger charge is 2.21. The fraction of sp³-hybridized carbons (Fsp3) is 1.00. The standard InChI is InChI=1S/C9H19NO2/c1-7(11)5-10-6-8-2-3-9(12)4-8/h7-12H,2-6H2,1H3/t7-,8?,9?/m1/s1. The third-order valence-corrected chi connectivity index (χ3v) is 2.39. The zero-order valence-electron chi connectivity index (χ0n) is 7.66. The van der Waals surface area contributed by atoms with Crippen LogP contribution in [0.1, 0.15) is 26.2 Å². The Balaban J connectivity index is 2.00. The smallest absolute Gasteiger partial charge is 0.0636 e. The molecule has 12 heavy (non-hydrogen) atoms. The molecule has 0 bridgehead atoms. The minimum absolute atomic E-state index is 0.0802. The molecule has 0 spiro atoms. The Morgan fingerprint density at radius 3 is 2.75 bits per heavy atom. The molecule has 0 saturated heterocycles. The summed E-state index contributed by atoms with van der Waals surface area (Å²) < 4.78 is 0. The molecule has 0 aliphatic heterocycles. The van der Waals surface area contributed by atoms with Crippen molar-refractivity contribution in [1.82, 2.24) is 5.32 Å². The van der Waals surface area contributed by atoms with Crippen LogP contribution in [0.25, 0.3) is 0 Å². The summed E-state index contributed by atoms with van der Waals surface area (Å²) in [6.45, 7) is 3.37. The first-order valence-electron chi connectivity index (χ1n) is 4.75. The molecule has 0 radical (unpaired) electrons. The summed E-state index contributed by atoms with van der Waals surface area (Å²) >= 11 is 0. The average Bonchev–Trinajstić information content (AvgIpc) is 2.35. The predicted octanol–water partition coefficient (Wildman–Crippen LogP) is 0.118. The number of nitrogens with one attached hydrogen (secondary N) is 1. The first-order chi connectivity index (χ1) is 5.68. The lowest BCUT2D eigenvalue weighted by atomic mass is 10.1. The maximum atomic E-state index is 9.23. The third-order valence-electron chi connectivity index (χ3n) is 2.39. The molecule has 1 rings (SSSR count). The highest BCUT2D eigenvalue weighted by atomic mass is 16.3. The molecule has 1 fully saturated rings. The molecular formula is C9H19NO2. The molecule has 3 atom stereocenters. The summed E-state index contributed by atoms with van der Waals surface area (Å²) in [5.41, 5.74) is 0. The van der Waals surface area contributed by atoms with Crippen molar-refractivity contribution < 1.29 is 10.2 Å². The van der Waals surface area contributed by atoms with Gasteiger partial charge in [-0.3, -0.25) is 0 Å². The Kier molecular flexibility index (Phi) is 3.98. The topological polar surface area (TPSA) is 52.5 Å². The SMILES string of the molecule is C[C@@H](O)CNCC1CCC(O)C1. The lowest BCUT2D eigenvalue weighted by Crippen LogP contribution is -2.28. The van der Waals surface area contributed by atoms with Gasteiger partial charge in [-0.1, -0.05) is 0 Å². The minimum atomic E-state index is -0.267. The molecule has 3 heteroatoms. The van der Waals surface area contributed by atoms with Gasteiger partial charge in [0.05, 0.1) is 12.2 Å². The third kappa shape index (κ3) is 3.52. The second kappa shape index (κ2) is 4.80. The first kappa shape index (κ1) is 9.96. The van der Waals surface area contributed by atoms with Crippen LogP contribution in [0.5, 0.6) is 0 Å². The summed E-state index contributed by atoms with van der Waals surface area (Å²) in [4.78, 5) is 0. The molecule has 0 amide bonds. The van der Waals surface area contributed by atoms with Gasteiger partial charge >= 0.3 is 0 Å². The second-order valence-electron chi connectivity index (χ2n) is 3.84. The zero-order valence-corrected chi connectivity index (χ0v) is 7.66. The van der Waals surface area contributed by atoms with Crippen molar-refractivity contribution in [2.45, 2.75) is 38.4 Å². The van der Waals surface area contributed by atoms with Gasteiger partial charge in [0.15, 0.2) is 0 Å². The lowest BCUT2D eigenvalue weighted by Gasteiger charge is -2.11. The molecule has 0 heterocycles. The van der Waals surface area contributed by atoms with E-state index in [1.807, 2.05) is 0 Å². The summed E-state index contributed by atoms with van der Waals surface area (Å²) in [7, 11) is 0. The van der Waals surface area contributed by atoms with Crippen molar-refractivity contribution in [3.8, 4) is 0 Å². The Hall–Kier alpha value is -0.120. The molecule has 2 unspecified atom stereocenters. The van der Waals surface area contributed by atoms with Crippen molar-refractivity contribution >= 4 is 0 Å². The molecule has 1 aliphatic rings. The summed E-state index contributed by atoms with van der Waals surface area (Å²) in [6, 6.07) is 0. The van der Waals surface area contributed by atoms with E-state index in [4.69, 9.17) is 5.11 Å². The van der Waals surface area contributed by atoms with Crippen LogP contribution in [-0.4, -0.2) is 35.5 Å². The number of hydrogen-bond acceptors (Lipinski definition) is 3. The van der Waals surface area contributed by atoms with Crippen molar-refractivity contribution in [2.75, 3.05) is 13.1 Å². The van der Waals surface area contributed by atoms with E-state index in [0.717, 1.165) is 25.8 Å². The second-order valence-corrected chi connectivity index (χ2v) is 3.84. The molecule has 3 nitrogen and oxygen atoms in total. The van der Waals surface area contributed by atoms with Gasteiger partial charge in [-0.25, -0.2) is 0 Å². The van der Waals surface area contributed by atoms with Gasteiger partial charge in [0.25, 0.3) is 0 Å².